The van der Waals surface area contributed by atoms with E-state index in [-0.39, 0.29) is 11.9 Å². The monoisotopic (exact) mass is 361 g/mol. The van der Waals surface area contributed by atoms with E-state index >= 15 is 0 Å². The van der Waals surface area contributed by atoms with Gasteiger partial charge in [0, 0.05) is 5.56 Å². The number of methoxy groups -OCH3 is 2. The summed E-state index contributed by atoms with van der Waals surface area (Å²) in [6.45, 7) is 4.26. The van der Waals surface area contributed by atoms with Gasteiger partial charge in [0.2, 0.25) is 0 Å². The average molecular weight is 362 g/mol. The van der Waals surface area contributed by atoms with Crippen LogP contribution in [-0.4, -0.2) is 20.1 Å². The second-order valence-corrected chi connectivity index (χ2v) is 6.69. The first kappa shape index (κ1) is 19.1. The number of hydrogen-bond acceptors (Lipinski definition) is 3. The van der Waals surface area contributed by atoms with E-state index in [0.29, 0.717) is 22.3 Å². The third kappa shape index (κ3) is 5.13. The van der Waals surface area contributed by atoms with Gasteiger partial charge in [-0.3, -0.25) is 4.79 Å². The maximum absolute atomic E-state index is 12.6. The highest BCUT2D eigenvalue weighted by atomic mass is 35.5. The van der Waals surface area contributed by atoms with Crippen LogP contribution >= 0.6 is 11.6 Å². The highest BCUT2D eigenvalue weighted by molar-refractivity contribution is 6.32. The van der Waals surface area contributed by atoms with E-state index in [2.05, 4.69) is 19.2 Å². The van der Waals surface area contributed by atoms with Crippen molar-refractivity contribution in [2.24, 2.45) is 5.92 Å². The lowest BCUT2D eigenvalue weighted by Crippen LogP contribution is -2.29. The average Bonchev–Trinajstić information content (AvgIpc) is 2.60. The van der Waals surface area contributed by atoms with Crippen LogP contribution in [0.3, 0.4) is 0 Å². The molecular formula is C20H24ClNO3. The van der Waals surface area contributed by atoms with E-state index < -0.39 is 0 Å². The molecule has 0 spiro atoms. The van der Waals surface area contributed by atoms with Crippen molar-refractivity contribution < 1.29 is 14.3 Å². The van der Waals surface area contributed by atoms with E-state index in [9.17, 15) is 4.79 Å². The van der Waals surface area contributed by atoms with Gasteiger partial charge in [0.1, 0.15) is 11.5 Å². The number of hydrogen-bond donors (Lipinski definition) is 1. The summed E-state index contributed by atoms with van der Waals surface area (Å²) >= 11 is 6.13. The van der Waals surface area contributed by atoms with E-state index in [1.165, 1.54) is 0 Å². The predicted octanol–water partition coefficient (Wildman–Crippen LogP) is 4.87. The number of nitrogens with one attached hydrogen (secondary N) is 1. The minimum atomic E-state index is -0.161. The zero-order chi connectivity index (χ0) is 18.4. The Morgan fingerprint density at radius 3 is 2.28 bits per heavy atom. The van der Waals surface area contributed by atoms with Crippen molar-refractivity contribution in [3.05, 3.63) is 58.6 Å². The molecule has 0 fully saturated rings. The van der Waals surface area contributed by atoms with Crippen molar-refractivity contribution in [2.45, 2.75) is 26.3 Å². The van der Waals surface area contributed by atoms with Crippen LogP contribution in [-0.2, 0) is 0 Å². The quantitative estimate of drug-likeness (QED) is 0.765. The number of ether oxygens (including phenoxy) is 2. The Morgan fingerprint density at radius 2 is 1.76 bits per heavy atom. The molecule has 1 atom stereocenters. The van der Waals surface area contributed by atoms with Gasteiger partial charge in [0.05, 0.1) is 25.3 Å². The van der Waals surface area contributed by atoms with Gasteiger partial charge in [-0.05, 0) is 48.2 Å². The molecule has 1 amide bonds. The topological polar surface area (TPSA) is 47.6 Å². The van der Waals surface area contributed by atoms with Crippen molar-refractivity contribution in [3.63, 3.8) is 0 Å². The molecular weight excluding hydrogens is 338 g/mol. The first-order valence-electron chi connectivity index (χ1n) is 8.23. The molecule has 2 aromatic carbocycles. The number of amides is 1. The van der Waals surface area contributed by atoms with Crippen molar-refractivity contribution in [2.75, 3.05) is 14.2 Å². The van der Waals surface area contributed by atoms with E-state index in [1.807, 2.05) is 24.3 Å². The molecule has 0 heterocycles. The largest absolute Gasteiger partial charge is 0.497 e. The zero-order valence-corrected chi connectivity index (χ0v) is 15.8. The number of carbonyl (C=O) groups is 1. The Kier molecular flexibility index (Phi) is 6.71. The maximum atomic E-state index is 12.6. The highest BCUT2D eigenvalue weighted by Crippen LogP contribution is 2.27. The first-order chi connectivity index (χ1) is 11.9. The van der Waals surface area contributed by atoms with Gasteiger partial charge in [-0.1, -0.05) is 37.6 Å². The highest BCUT2D eigenvalue weighted by Gasteiger charge is 2.18. The Labute approximate surface area is 154 Å². The van der Waals surface area contributed by atoms with E-state index in [0.717, 1.165) is 17.7 Å². The van der Waals surface area contributed by atoms with Crippen LogP contribution in [0.4, 0.5) is 0 Å². The van der Waals surface area contributed by atoms with Gasteiger partial charge in [-0.15, -0.1) is 0 Å². The molecule has 0 saturated heterocycles. The van der Waals surface area contributed by atoms with Gasteiger partial charge in [-0.25, -0.2) is 0 Å². The SMILES string of the molecule is COc1ccc([C@H](CC(C)C)NC(=O)c2ccc(OC)c(Cl)c2)cc1. The maximum Gasteiger partial charge on any atom is 0.251 e. The molecule has 0 unspecified atom stereocenters. The fraction of sp³-hybridized carbons (Fsp3) is 0.350. The fourth-order valence-corrected chi connectivity index (χ4v) is 2.89. The molecule has 0 aliphatic carbocycles. The third-order valence-electron chi connectivity index (χ3n) is 3.94. The Balaban J connectivity index is 2.20. The summed E-state index contributed by atoms with van der Waals surface area (Å²) in [5, 5.41) is 3.52. The molecule has 2 aromatic rings. The summed E-state index contributed by atoms with van der Waals surface area (Å²) in [4.78, 5) is 12.6. The molecule has 1 N–H and O–H groups in total. The van der Waals surface area contributed by atoms with Gasteiger partial charge in [0.15, 0.2) is 0 Å². The minimum Gasteiger partial charge on any atom is -0.497 e. The third-order valence-corrected chi connectivity index (χ3v) is 4.24. The molecule has 0 bridgehead atoms. The molecule has 0 aliphatic heterocycles. The molecule has 0 aliphatic rings. The van der Waals surface area contributed by atoms with Gasteiger partial charge in [-0.2, -0.15) is 0 Å². The number of carbonyl (C=O) groups excluding carboxylic acids is 1. The number of halogens is 1. The zero-order valence-electron chi connectivity index (χ0n) is 15.0. The minimum absolute atomic E-state index is 0.0840. The van der Waals surface area contributed by atoms with Crippen molar-refractivity contribution in [1.29, 1.82) is 0 Å². The first-order valence-corrected chi connectivity index (χ1v) is 8.60. The molecule has 25 heavy (non-hydrogen) atoms. The lowest BCUT2D eigenvalue weighted by molar-refractivity contribution is 0.0932. The van der Waals surface area contributed by atoms with Crippen LogP contribution in [0.5, 0.6) is 11.5 Å². The standard InChI is InChI=1S/C20H24ClNO3/c1-13(2)11-18(14-5-8-16(24-3)9-6-14)22-20(23)15-7-10-19(25-4)17(21)12-15/h5-10,12-13,18H,11H2,1-4H3,(H,22,23)/t18-/m0/s1. The van der Waals surface area contributed by atoms with Crippen LogP contribution in [0.2, 0.25) is 5.02 Å². The summed E-state index contributed by atoms with van der Waals surface area (Å²) in [5.74, 6) is 1.62. The van der Waals surface area contributed by atoms with Crippen molar-refractivity contribution in [1.82, 2.24) is 5.32 Å². The molecule has 0 aromatic heterocycles. The van der Waals surface area contributed by atoms with Crippen LogP contribution in [0, 0.1) is 5.92 Å². The van der Waals surface area contributed by atoms with Gasteiger partial charge in [0.25, 0.3) is 5.91 Å². The Morgan fingerprint density at radius 1 is 1.08 bits per heavy atom. The summed E-state index contributed by atoms with van der Waals surface area (Å²) in [6, 6.07) is 12.7. The van der Waals surface area contributed by atoms with Crippen LogP contribution < -0.4 is 14.8 Å². The summed E-state index contributed by atoms with van der Waals surface area (Å²) < 4.78 is 10.3. The summed E-state index contributed by atoms with van der Waals surface area (Å²) in [6.07, 6.45) is 0.835. The van der Waals surface area contributed by atoms with Gasteiger partial charge >= 0.3 is 0 Å². The van der Waals surface area contributed by atoms with Crippen molar-refractivity contribution in [3.8, 4) is 11.5 Å². The Bertz CT molecular complexity index is 713. The lowest BCUT2D eigenvalue weighted by Gasteiger charge is -2.21. The molecule has 0 saturated carbocycles. The lowest BCUT2D eigenvalue weighted by atomic mass is 9.96. The normalized spacial score (nSPS) is 11.9. The second kappa shape index (κ2) is 8.77. The smallest absolute Gasteiger partial charge is 0.251 e. The van der Waals surface area contributed by atoms with E-state index in [1.54, 1.807) is 32.4 Å². The molecule has 0 radical (unpaired) electrons. The number of benzene rings is 2. The van der Waals surface area contributed by atoms with Gasteiger partial charge < -0.3 is 14.8 Å². The second-order valence-electron chi connectivity index (χ2n) is 6.28. The van der Waals surface area contributed by atoms with Crippen LogP contribution in [0.25, 0.3) is 0 Å². The van der Waals surface area contributed by atoms with Crippen LogP contribution in [0.15, 0.2) is 42.5 Å². The summed E-state index contributed by atoms with van der Waals surface area (Å²) in [5.41, 5.74) is 1.55. The Hall–Kier alpha value is -2.20. The van der Waals surface area contributed by atoms with Crippen molar-refractivity contribution >= 4 is 17.5 Å². The fourth-order valence-electron chi connectivity index (χ4n) is 2.64. The predicted molar refractivity (Wildman–Crippen MR) is 101 cm³/mol. The summed E-state index contributed by atoms with van der Waals surface area (Å²) in [7, 11) is 3.18. The molecule has 5 heteroatoms. The van der Waals surface area contributed by atoms with Crippen LogP contribution in [0.1, 0.15) is 42.2 Å². The molecule has 4 nitrogen and oxygen atoms in total. The number of rotatable bonds is 7. The van der Waals surface area contributed by atoms with E-state index in [4.69, 9.17) is 21.1 Å². The molecule has 2 rings (SSSR count). The molecule has 134 valence electrons.